The molecule has 2 unspecified atom stereocenters. The number of nitrogens with zero attached hydrogens (tertiary/aromatic N) is 3. The zero-order valence-corrected chi connectivity index (χ0v) is 22.7. The molecular formula is C30H38FN3O4. The van der Waals surface area contributed by atoms with Crippen molar-refractivity contribution in [2.75, 3.05) is 47.9 Å². The first-order valence-electron chi connectivity index (χ1n) is 13.5. The minimum atomic E-state index is -0.969. The number of carbonyl (C=O) groups is 1. The van der Waals surface area contributed by atoms with Crippen LogP contribution in [-0.4, -0.2) is 85.6 Å². The van der Waals surface area contributed by atoms with Crippen molar-refractivity contribution < 1.29 is 23.8 Å². The molecule has 0 bridgehead atoms. The summed E-state index contributed by atoms with van der Waals surface area (Å²) < 4.78 is 29.8. The third-order valence-corrected chi connectivity index (χ3v) is 8.19. The van der Waals surface area contributed by atoms with Gasteiger partial charge in [-0.1, -0.05) is 18.9 Å². The Hall–Kier alpha value is -3.10. The van der Waals surface area contributed by atoms with Crippen molar-refractivity contribution in [3.63, 3.8) is 0 Å². The van der Waals surface area contributed by atoms with Gasteiger partial charge in [0.05, 0.1) is 24.4 Å². The molecular weight excluding hydrogens is 485 g/mol. The molecule has 5 rings (SSSR count). The van der Waals surface area contributed by atoms with Crippen LogP contribution in [0.3, 0.4) is 0 Å². The van der Waals surface area contributed by atoms with Gasteiger partial charge in [-0.25, -0.2) is 9.18 Å². The Bertz CT molecular complexity index is 1320. The van der Waals surface area contributed by atoms with E-state index >= 15 is 4.39 Å². The van der Waals surface area contributed by atoms with Gasteiger partial charge in [0.1, 0.15) is 24.3 Å². The Morgan fingerprint density at radius 3 is 2.63 bits per heavy atom. The Kier molecular flexibility index (Phi) is 7.63. The fraction of sp³-hybridized carbons (Fsp3) is 0.500. The molecule has 38 heavy (non-hydrogen) atoms. The third-order valence-electron chi connectivity index (χ3n) is 8.19. The van der Waals surface area contributed by atoms with Crippen LogP contribution in [0.5, 0.6) is 11.5 Å². The number of alkyl halides is 1. The summed E-state index contributed by atoms with van der Waals surface area (Å²) in [5.74, 6) is 0.173. The largest absolute Gasteiger partial charge is 0.497 e. The van der Waals surface area contributed by atoms with Crippen LogP contribution in [-0.2, 0) is 6.54 Å². The quantitative estimate of drug-likeness (QED) is 0.456. The maximum absolute atomic E-state index is 15.6. The second kappa shape index (κ2) is 10.9. The monoisotopic (exact) mass is 523 g/mol. The minimum Gasteiger partial charge on any atom is -0.497 e. The fourth-order valence-electron chi connectivity index (χ4n) is 5.98. The average Bonchev–Trinajstić information content (AvgIpc) is 3.20. The van der Waals surface area contributed by atoms with Crippen molar-refractivity contribution in [1.29, 1.82) is 0 Å². The fourth-order valence-corrected chi connectivity index (χ4v) is 5.98. The number of aromatic nitrogens is 1. The van der Waals surface area contributed by atoms with Crippen molar-refractivity contribution >= 4 is 16.9 Å². The number of likely N-dealkylation sites (N-methyl/N-ethyl adjacent to an activating group) is 2. The van der Waals surface area contributed by atoms with Crippen LogP contribution in [0.15, 0.2) is 36.4 Å². The molecule has 2 heterocycles. The number of methoxy groups -OCH3 is 1. The molecule has 1 saturated carbocycles. The molecule has 1 aliphatic carbocycles. The highest BCUT2D eigenvalue weighted by Crippen LogP contribution is 2.48. The predicted octanol–water partition coefficient (Wildman–Crippen LogP) is 5.27. The van der Waals surface area contributed by atoms with Crippen molar-refractivity contribution in [2.24, 2.45) is 0 Å². The van der Waals surface area contributed by atoms with Gasteiger partial charge in [0.25, 0.3) is 0 Å². The van der Waals surface area contributed by atoms with Gasteiger partial charge in [-0.3, -0.25) is 4.90 Å². The number of benzene rings is 2. The summed E-state index contributed by atoms with van der Waals surface area (Å²) in [5, 5.41) is 10.7. The number of hydrogen-bond donors (Lipinski definition) is 1. The number of fused-ring (bicyclic) bond motifs is 5. The van der Waals surface area contributed by atoms with Crippen molar-refractivity contribution in [2.45, 2.75) is 50.4 Å². The number of ether oxygens (including phenoxy) is 2. The zero-order valence-electron chi connectivity index (χ0n) is 22.7. The number of aromatic carboxylic acids is 1. The van der Waals surface area contributed by atoms with Gasteiger partial charge in [0.15, 0.2) is 0 Å². The maximum atomic E-state index is 15.6. The van der Waals surface area contributed by atoms with Crippen molar-refractivity contribution in [1.82, 2.24) is 14.4 Å². The van der Waals surface area contributed by atoms with Gasteiger partial charge in [0.2, 0.25) is 0 Å². The van der Waals surface area contributed by atoms with E-state index in [-0.39, 0.29) is 17.5 Å². The van der Waals surface area contributed by atoms with Gasteiger partial charge in [-0.15, -0.1) is 0 Å². The summed E-state index contributed by atoms with van der Waals surface area (Å²) >= 11 is 0. The van der Waals surface area contributed by atoms with E-state index < -0.39 is 12.1 Å². The lowest BCUT2D eigenvalue weighted by atomic mass is 9.80. The number of carboxylic acid groups (broad SMARTS) is 1. The van der Waals surface area contributed by atoms with Gasteiger partial charge < -0.3 is 24.0 Å². The molecule has 0 spiro atoms. The standard InChI is InChI=1S/C30H38FN3O4/c1-32(2)13-14-33(3)20-17-34-26-15-19(30(35)36)9-11-23(26)28(22-7-5-6-8-25(22)31)29(34)24-12-10-21(37-4)16-27(24)38-18-20/h9-12,15-16,20,22,25H,5-8,13-14,17-18H2,1-4H3,(H,35,36)/t20?,22?,25-/m0/s1. The Morgan fingerprint density at radius 1 is 1.13 bits per heavy atom. The molecule has 2 aromatic carbocycles. The molecule has 1 aliphatic heterocycles. The molecule has 1 aromatic heterocycles. The average molecular weight is 524 g/mol. The zero-order chi connectivity index (χ0) is 27.0. The summed E-state index contributed by atoms with van der Waals surface area (Å²) in [5.41, 5.74) is 3.86. The van der Waals surface area contributed by atoms with E-state index in [4.69, 9.17) is 9.47 Å². The topological polar surface area (TPSA) is 67.2 Å². The van der Waals surface area contributed by atoms with Crippen LogP contribution < -0.4 is 9.47 Å². The molecule has 204 valence electrons. The summed E-state index contributed by atoms with van der Waals surface area (Å²) in [6.07, 6.45) is 2.25. The van der Waals surface area contributed by atoms with Crippen molar-refractivity contribution in [3.8, 4) is 22.8 Å². The highest BCUT2D eigenvalue weighted by atomic mass is 19.1. The predicted molar refractivity (Wildman–Crippen MR) is 147 cm³/mol. The van der Waals surface area contributed by atoms with Gasteiger partial charge >= 0.3 is 5.97 Å². The maximum Gasteiger partial charge on any atom is 0.335 e. The van der Waals surface area contributed by atoms with Crippen LogP contribution in [0, 0.1) is 0 Å². The first-order valence-corrected chi connectivity index (χ1v) is 13.5. The highest BCUT2D eigenvalue weighted by Gasteiger charge is 2.35. The molecule has 1 N–H and O–H groups in total. The van der Waals surface area contributed by atoms with Crippen LogP contribution in [0.4, 0.5) is 4.39 Å². The summed E-state index contributed by atoms with van der Waals surface area (Å²) in [4.78, 5) is 16.4. The number of hydrogen-bond acceptors (Lipinski definition) is 5. The van der Waals surface area contributed by atoms with Crippen LogP contribution in [0.2, 0.25) is 0 Å². The SMILES string of the molecule is COc1ccc2c(c1)OCC(N(C)CCN(C)C)Cn1c-2c(C2CCCC[C@@H]2F)c2ccc(C(=O)O)cc21. The summed E-state index contributed by atoms with van der Waals surface area (Å²) in [7, 11) is 7.84. The molecule has 1 fully saturated rings. The number of halogens is 1. The molecule has 3 atom stereocenters. The molecule has 7 nitrogen and oxygen atoms in total. The normalized spacial score (nSPS) is 21.5. The first kappa shape index (κ1) is 26.5. The molecule has 3 aromatic rings. The summed E-state index contributed by atoms with van der Waals surface area (Å²) in [6.45, 7) is 2.82. The van der Waals surface area contributed by atoms with E-state index in [9.17, 15) is 9.90 Å². The number of rotatable bonds is 7. The van der Waals surface area contributed by atoms with Crippen LogP contribution in [0.1, 0.15) is 47.5 Å². The lowest BCUT2D eigenvalue weighted by Gasteiger charge is -2.33. The third kappa shape index (κ3) is 4.99. The van der Waals surface area contributed by atoms with Gasteiger partial charge in [-0.05, 0) is 63.8 Å². The molecule has 2 aliphatic rings. The van der Waals surface area contributed by atoms with E-state index in [2.05, 4.69) is 35.5 Å². The summed E-state index contributed by atoms with van der Waals surface area (Å²) in [6, 6.07) is 11.1. The van der Waals surface area contributed by atoms with E-state index in [0.717, 1.165) is 60.1 Å². The van der Waals surface area contributed by atoms with Gasteiger partial charge in [-0.2, -0.15) is 0 Å². The van der Waals surface area contributed by atoms with E-state index in [1.165, 1.54) is 0 Å². The molecule has 0 amide bonds. The van der Waals surface area contributed by atoms with E-state index in [0.29, 0.717) is 31.1 Å². The Morgan fingerprint density at radius 2 is 1.92 bits per heavy atom. The lowest BCUT2D eigenvalue weighted by molar-refractivity contribution is 0.0697. The Balaban J connectivity index is 1.76. The van der Waals surface area contributed by atoms with Crippen molar-refractivity contribution in [3.05, 3.63) is 47.5 Å². The Labute approximate surface area is 223 Å². The molecule has 0 radical (unpaired) electrons. The number of carboxylic acids is 1. The van der Waals surface area contributed by atoms with Crippen LogP contribution in [0.25, 0.3) is 22.2 Å². The van der Waals surface area contributed by atoms with E-state index in [1.807, 2.05) is 24.3 Å². The highest BCUT2D eigenvalue weighted by molar-refractivity contribution is 5.98. The molecule has 8 heteroatoms. The molecule has 0 saturated heterocycles. The lowest BCUT2D eigenvalue weighted by Crippen LogP contribution is -2.43. The second-order valence-electron chi connectivity index (χ2n) is 10.9. The second-order valence-corrected chi connectivity index (χ2v) is 10.9. The van der Waals surface area contributed by atoms with Gasteiger partial charge in [0, 0.05) is 48.1 Å². The first-order chi connectivity index (χ1) is 18.3. The minimum absolute atomic E-state index is 0.0255. The van der Waals surface area contributed by atoms with Crippen LogP contribution >= 0.6 is 0 Å². The smallest absolute Gasteiger partial charge is 0.335 e. The van der Waals surface area contributed by atoms with E-state index in [1.54, 1.807) is 19.2 Å².